The molecule has 0 bridgehead atoms. The standard InChI is InChI=1S/C17H20ClNS/c1-2-11-19-12-15-5-3-4-6-17(15)20-13-14-7-9-16(18)10-8-14/h3-10,19H,2,11-13H2,1H3. The Bertz CT molecular complexity index is 525. The summed E-state index contributed by atoms with van der Waals surface area (Å²) >= 11 is 7.79. The van der Waals surface area contributed by atoms with Crippen molar-refractivity contribution in [2.75, 3.05) is 6.54 Å². The molecule has 2 aromatic rings. The number of nitrogens with one attached hydrogen (secondary N) is 1. The second kappa shape index (κ2) is 8.35. The number of halogens is 1. The number of hydrogen-bond donors (Lipinski definition) is 1. The van der Waals surface area contributed by atoms with Gasteiger partial charge in [-0.05, 0) is 42.3 Å². The Morgan fingerprint density at radius 1 is 1.05 bits per heavy atom. The summed E-state index contributed by atoms with van der Waals surface area (Å²) < 4.78 is 0. The molecule has 0 saturated heterocycles. The summed E-state index contributed by atoms with van der Waals surface area (Å²) in [6.45, 7) is 4.20. The van der Waals surface area contributed by atoms with Crippen molar-refractivity contribution < 1.29 is 0 Å². The molecule has 0 unspecified atom stereocenters. The van der Waals surface area contributed by atoms with Gasteiger partial charge in [0.25, 0.3) is 0 Å². The summed E-state index contributed by atoms with van der Waals surface area (Å²) in [4.78, 5) is 1.35. The van der Waals surface area contributed by atoms with Crippen molar-refractivity contribution in [1.29, 1.82) is 0 Å². The van der Waals surface area contributed by atoms with Gasteiger partial charge in [-0.2, -0.15) is 0 Å². The first-order valence-corrected chi connectivity index (χ1v) is 8.32. The Kier molecular flexibility index (Phi) is 6.44. The van der Waals surface area contributed by atoms with Crippen molar-refractivity contribution in [2.24, 2.45) is 0 Å². The molecule has 1 nitrogen and oxygen atoms in total. The molecule has 0 amide bonds. The van der Waals surface area contributed by atoms with Crippen LogP contribution in [0.1, 0.15) is 24.5 Å². The summed E-state index contributed by atoms with van der Waals surface area (Å²) in [6, 6.07) is 16.7. The van der Waals surface area contributed by atoms with Gasteiger partial charge in [0.15, 0.2) is 0 Å². The maximum Gasteiger partial charge on any atom is 0.0406 e. The second-order valence-corrected chi connectivity index (χ2v) is 6.15. The lowest BCUT2D eigenvalue weighted by atomic mass is 10.2. The van der Waals surface area contributed by atoms with E-state index in [1.807, 2.05) is 23.9 Å². The Labute approximate surface area is 130 Å². The van der Waals surface area contributed by atoms with Gasteiger partial charge in [0.05, 0.1) is 0 Å². The summed E-state index contributed by atoms with van der Waals surface area (Å²) in [5, 5.41) is 4.26. The van der Waals surface area contributed by atoms with Crippen LogP contribution >= 0.6 is 23.4 Å². The van der Waals surface area contributed by atoms with Gasteiger partial charge >= 0.3 is 0 Å². The first kappa shape index (κ1) is 15.4. The minimum absolute atomic E-state index is 0.794. The van der Waals surface area contributed by atoms with Gasteiger partial charge in [0, 0.05) is 22.2 Å². The Balaban J connectivity index is 1.96. The third kappa shape index (κ3) is 4.86. The van der Waals surface area contributed by atoms with E-state index in [0.29, 0.717) is 0 Å². The largest absolute Gasteiger partial charge is 0.313 e. The average molecular weight is 306 g/mol. The van der Waals surface area contributed by atoms with Gasteiger partial charge in [-0.15, -0.1) is 11.8 Å². The Morgan fingerprint density at radius 3 is 2.55 bits per heavy atom. The SMILES string of the molecule is CCCNCc1ccccc1SCc1ccc(Cl)cc1. The molecule has 2 aromatic carbocycles. The molecule has 0 aliphatic carbocycles. The molecule has 0 saturated carbocycles. The summed E-state index contributed by atoms with van der Waals surface area (Å²) in [5.41, 5.74) is 2.68. The van der Waals surface area contributed by atoms with Crippen LogP contribution in [0.5, 0.6) is 0 Å². The lowest BCUT2D eigenvalue weighted by Gasteiger charge is -2.10. The van der Waals surface area contributed by atoms with Crippen LogP contribution in [0.4, 0.5) is 0 Å². The zero-order valence-corrected chi connectivity index (χ0v) is 13.3. The minimum Gasteiger partial charge on any atom is -0.313 e. The van der Waals surface area contributed by atoms with E-state index in [1.165, 1.54) is 22.4 Å². The number of benzene rings is 2. The molecule has 1 N–H and O–H groups in total. The second-order valence-electron chi connectivity index (χ2n) is 4.70. The molecule has 0 radical (unpaired) electrons. The highest BCUT2D eigenvalue weighted by molar-refractivity contribution is 7.98. The number of thioether (sulfide) groups is 1. The maximum atomic E-state index is 5.91. The normalized spacial score (nSPS) is 10.7. The van der Waals surface area contributed by atoms with Gasteiger partial charge in [-0.3, -0.25) is 0 Å². The summed E-state index contributed by atoms with van der Waals surface area (Å²) in [6.07, 6.45) is 1.17. The third-order valence-electron chi connectivity index (χ3n) is 3.02. The van der Waals surface area contributed by atoms with Crippen molar-refractivity contribution in [2.45, 2.75) is 30.5 Å². The predicted octanol–water partition coefficient (Wildman–Crippen LogP) is 5.13. The van der Waals surface area contributed by atoms with Crippen molar-refractivity contribution in [3.05, 3.63) is 64.7 Å². The van der Waals surface area contributed by atoms with Gasteiger partial charge < -0.3 is 5.32 Å². The highest BCUT2D eigenvalue weighted by Gasteiger charge is 2.03. The van der Waals surface area contributed by atoms with Crippen molar-refractivity contribution in [3.8, 4) is 0 Å². The molecular formula is C17H20ClNS. The van der Waals surface area contributed by atoms with Crippen molar-refractivity contribution in [3.63, 3.8) is 0 Å². The Morgan fingerprint density at radius 2 is 1.80 bits per heavy atom. The fraction of sp³-hybridized carbons (Fsp3) is 0.294. The summed E-state index contributed by atoms with van der Waals surface area (Å²) in [7, 11) is 0. The molecule has 106 valence electrons. The van der Waals surface area contributed by atoms with Gasteiger partial charge in [-0.1, -0.05) is 48.9 Å². The molecule has 20 heavy (non-hydrogen) atoms. The maximum absolute atomic E-state index is 5.91. The van der Waals surface area contributed by atoms with Crippen LogP contribution in [0, 0.1) is 0 Å². The highest BCUT2D eigenvalue weighted by atomic mass is 35.5. The third-order valence-corrected chi connectivity index (χ3v) is 4.46. The van der Waals surface area contributed by atoms with E-state index >= 15 is 0 Å². The van der Waals surface area contributed by atoms with Gasteiger partial charge in [-0.25, -0.2) is 0 Å². The summed E-state index contributed by atoms with van der Waals surface area (Å²) in [5.74, 6) is 0.974. The molecule has 0 heterocycles. The van der Waals surface area contributed by atoms with Gasteiger partial charge in [0.1, 0.15) is 0 Å². The first-order chi connectivity index (χ1) is 9.79. The fourth-order valence-electron chi connectivity index (χ4n) is 1.93. The highest BCUT2D eigenvalue weighted by Crippen LogP contribution is 2.26. The van der Waals surface area contributed by atoms with Crippen molar-refractivity contribution >= 4 is 23.4 Å². The van der Waals surface area contributed by atoms with E-state index in [9.17, 15) is 0 Å². The van der Waals surface area contributed by atoms with E-state index < -0.39 is 0 Å². The number of hydrogen-bond acceptors (Lipinski definition) is 2. The lowest BCUT2D eigenvalue weighted by molar-refractivity contribution is 0.669. The zero-order chi connectivity index (χ0) is 14.2. The molecule has 0 aliphatic heterocycles. The van der Waals surface area contributed by atoms with Crippen LogP contribution < -0.4 is 5.32 Å². The average Bonchev–Trinajstić information content (AvgIpc) is 2.48. The lowest BCUT2D eigenvalue weighted by Crippen LogP contribution is -2.14. The van der Waals surface area contributed by atoms with E-state index in [1.54, 1.807) is 0 Å². The van der Waals surface area contributed by atoms with Crippen LogP contribution in [0.25, 0.3) is 0 Å². The quantitative estimate of drug-likeness (QED) is 0.562. The zero-order valence-electron chi connectivity index (χ0n) is 11.7. The van der Waals surface area contributed by atoms with Crippen LogP contribution in [-0.2, 0) is 12.3 Å². The van der Waals surface area contributed by atoms with Crippen LogP contribution in [0.2, 0.25) is 5.02 Å². The first-order valence-electron chi connectivity index (χ1n) is 6.95. The van der Waals surface area contributed by atoms with Crippen LogP contribution in [-0.4, -0.2) is 6.54 Å². The molecule has 0 fully saturated rings. The monoisotopic (exact) mass is 305 g/mol. The van der Waals surface area contributed by atoms with Crippen LogP contribution in [0.3, 0.4) is 0 Å². The molecule has 3 heteroatoms. The van der Waals surface area contributed by atoms with Gasteiger partial charge in [0.2, 0.25) is 0 Å². The van der Waals surface area contributed by atoms with Crippen LogP contribution in [0.15, 0.2) is 53.4 Å². The molecule has 0 atom stereocenters. The Hall–Kier alpha value is -0.960. The van der Waals surface area contributed by atoms with Crippen molar-refractivity contribution in [1.82, 2.24) is 5.32 Å². The van der Waals surface area contributed by atoms with E-state index in [4.69, 9.17) is 11.6 Å². The molecule has 0 spiro atoms. The topological polar surface area (TPSA) is 12.0 Å². The number of rotatable bonds is 7. The molecular weight excluding hydrogens is 286 g/mol. The molecule has 0 aromatic heterocycles. The molecule has 0 aliphatic rings. The smallest absolute Gasteiger partial charge is 0.0406 e. The predicted molar refractivity (Wildman–Crippen MR) is 89.5 cm³/mol. The van der Waals surface area contributed by atoms with E-state index in [0.717, 1.165) is 23.9 Å². The fourth-order valence-corrected chi connectivity index (χ4v) is 3.07. The molecule has 2 rings (SSSR count). The van der Waals surface area contributed by atoms with E-state index in [2.05, 4.69) is 48.6 Å². The minimum atomic E-state index is 0.794. The van der Waals surface area contributed by atoms with E-state index in [-0.39, 0.29) is 0 Å².